The molecule has 1 unspecified atom stereocenters. The Morgan fingerprint density at radius 3 is 3.11 bits per heavy atom. The fraction of sp³-hybridized carbons (Fsp3) is 0.364. The number of nitrogens with one attached hydrogen (secondary N) is 1. The molecule has 0 bridgehead atoms. The van der Waals surface area contributed by atoms with Crippen LogP contribution in [0.5, 0.6) is 0 Å². The molecule has 3 rings (SSSR count). The van der Waals surface area contributed by atoms with Crippen molar-refractivity contribution in [3.05, 3.63) is 17.8 Å². The van der Waals surface area contributed by atoms with E-state index in [0.717, 1.165) is 0 Å². The van der Waals surface area contributed by atoms with Crippen molar-refractivity contribution in [2.45, 2.75) is 12.6 Å². The summed E-state index contributed by atoms with van der Waals surface area (Å²) < 4.78 is 13.2. The maximum atomic E-state index is 13.2. The number of alkyl halides is 1. The summed E-state index contributed by atoms with van der Waals surface area (Å²) in [6.45, 7) is 0.933. The predicted molar refractivity (Wildman–Crippen MR) is 64.1 cm³/mol. The van der Waals surface area contributed by atoms with Crippen LogP contribution in [0.3, 0.4) is 0 Å². The van der Waals surface area contributed by atoms with Crippen molar-refractivity contribution in [2.75, 3.05) is 18.0 Å². The Bertz CT molecular complexity index is 610. The third-order valence-corrected chi connectivity index (χ3v) is 3.11. The lowest BCUT2D eigenvalue weighted by molar-refractivity contribution is 0.1000. The molecule has 0 saturated carbocycles. The molecule has 1 amide bonds. The van der Waals surface area contributed by atoms with Crippen molar-refractivity contribution >= 4 is 22.8 Å². The van der Waals surface area contributed by atoms with Crippen LogP contribution in [0.4, 0.5) is 10.2 Å². The minimum absolute atomic E-state index is 0.320. The van der Waals surface area contributed by atoms with Gasteiger partial charge in [-0.25, -0.2) is 9.37 Å². The summed E-state index contributed by atoms with van der Waals surface area (Å²) in [7, 11) is 0. The Labute approximate surface area is 102 Å². The van der Waals surface area contributed by atoms with Gasteiger partial charge >= 0.3 is 0 Å². The summed E-state index contributed by atoms with van der Waals surface area (Å²) in [5, 5.41) is 7.60. The molecule has 94 valence electrons. The quantitative estimate of drug-likeness (QED) is 0.816. The zero-order valence-corrected chi connectivity index (χ0v) is 9.56. The number of rotatable bonds is 2. The lowest BCUT2D eigenvalue weighted by Crippen LogP contribution is -2.20. The smallest absolute Gasteiger partial charge is 0.250 e. The number of aromatic amines is 1. The second-order valence-electron chi connectivity index (χ2n) is 4.36. The van der Waals surface area contributed by atoms with Gasteiger partial charge in [0, 0.05) is 12.7 Å². The number of pyridine rings is 1. The fourth-order valence-electron chi connectivity index (χ4n) is 2.18. The summed E-state index contributed by atoms with van der Waals surface area (Å²) >= 11 is 0. The molecule has 2 aromatic heterocycles. The normalized spacial score (nSPS) is 19.6. The van der Waals surface area contributed by atoms with Crippen LogP contribution in [-0.4, -0.2) is 40.3 Å². The van der Waals surface area contributed by atoms with Gasteiger partial charge in [-0.1, -0.05) is 0 Å². The van der Waals surface area contributed by atoms with Gasteiger partial charge in [-0.15, -0.1) is 0 Å². The standard InChI is InChI=1S/C11H12FN5O/c12-7-1-2-17(5-7)11-8-3-6(9(13)18)4-14-10(8)15-16-11/h3-4,7H,1-2,5H2,(H2,13,18)(H,14,15,16). The molecule has 1 aliphatic heterocycles. The number of nitrogens with zero attached hydrogens (tertiary/aromatic N) is 3. The van der Waals surface area contributed by atoms with Crippen LogP contribution in [0, 0.1) is 0 Å². The summed E-state index contributed by atoms with van der Waals surface area (Å²) in [5.74, 6) is 0.0853. The summed E-state index contributed by atoms with van der Waals surface area (Å²) in [4.78, 5) is 17.0. The third-order valence-electron chi connectivity index (χ3n) is 3.11. The number of carbonyl (C=O) groups is 1. The molecular weight excluding hydrogens is 237 g/mol. The van der Waals surface area contributed by atoms with E-state index < -0.39 is 12.1 Å². The molecule has 2 aromatic rings. The first-order valence-corrected chi connectivity index (χ1v) is 5.68. The molecule has 18 heavy (non-hydrogen) atoms. The van der Waals surface area contributed by atoms with Gasteiger partial charge in [0.15, 0.2) is 11.5 Å². The van der Waals surface area contributed by atoms with Crippen molar-refractivity contribution in [3.8, 4) is 0 Å². The summed E-state index contributed by atoms with van der Waals surface area (Å²) in [6.07, 6.45) is 1.07. The lowest BCUT2D eigenvalue weighted by atomic mass is 10.2. The molecule has 3 heterocycles. The van der Waals surface area contributed by atoms with Gasteiger partial charge in [0.05, 0.1) is 17.5 Å². The van der Waals surface area contributed by atoms with Crippen molar-refractivity contribution < 1.29 is 9.18 Å². The summed E-state index contributed by atoms with van der Waals surface area (Å²) in [6, 6.07) is 1.63. The van der Waals surface area contributed by atoms with E-state index >= 15 is 0 Å². The number of hydrogen-bond donors (Lipinski definition) is 2. The number of anilines is 1. The lowest BCUT2D eigenvalue weighted by Gasteiger charge is -2.13. The van der Waals surface area contributed by atoms with E-state index in [1.54, 1.807) is 6.07 Å². The average Bonchev–Trinajstić information content (AvgIpc) is 2.93. The van der Waals surface area contributed by atoms with Gasteiger partial charge in [-0.3, -0.25) is 9.89 Å². The number of carbonyl (C=O) groups excluding carboxylic acids is 1. The molecule has 0 radical (unpaired) electrons. The Kier molecular flexibility index (Phi) is 2.39. The van der Waals surface area contributed by atoms with E-state index in [9.17, 15) is 9.18 Å². The Hall–Kier alpha value is -2.18. The first kappa shape index (κ1) is 10.9. The predicted octanol–water partition coefficient (Wildman–Crippen LogP) is 0.605. The topological polar surface area (TPSA) is 87.9 Å². The zero-order valence-electron chi connectivity index (χ0n) is 9.56. The highest BCUT2D eigenvalue weighted by Gasteiger charge is 2.25. The molecule has 0 aliphatic carbocycles. The number of nitrogens with two attached hydrogens (primary N) is 1. The van der Waals surface area contributed by atoms with Gasteiger partial charge in [0.1, 0.15) is 6.17 Å². The van der Waals surface area contributed by atoms with Gasteiger partial charge in [0.2, 0.25) is 5.91 Å². The van der Waals surface area contributed by atoms with Crippen LogP contribution in [0.15, 0.2) is 12.3 Å². The number of aromatic nitrogens is 3. The van der Waals surface area contributed by atoms with E-state index in [1.807, 2.05) is 4.90 Å². The van der Waals surface area contributed by atoms with Gasteiger partial charge in [-0.05, 0) is 12.5 Å². The maximum Gasteiger partial charge on any atom is 0.250 e. The number of fused-ring (bicyclic) bond motifs is 1. The Balaban J connectivity index is 2.06. The van der Waals surface area contributed by atoms with E-state index in [4.69, 9.17) is 5.73 Å². The monoisotopic (exact) mass is 249 g/mol. The highest BCUT2D eigenvalue weighted by atomic mass is 19.1. The second-order valence-corrected chi connectivity index (χ2v) is 4.36. The van der Waals surface area contributed by atoms with Crippen LogP contribution >= 0.6 is 0 Å². The van der Waals surface area contributed by atoms with Crippen molar-refractivity contribution in [3.63, 3.8) is 0 Å². The molecule has 0 aromatic carbocycles. The van der Waals surface area contributed by atoms with E-state index in [1.165, 1.54) is 6.20 Å². The molecule has 1 fully saturated rings. The Morgan fingerprint density at radius 1 is 1.61 bits per heavy atom. The van der Waals surface area contributed by atoms with Gasteiger partial charge < -0.3 is 10.6 Å². The van der Waals surface area contributed by atoms with E-state index in [0.29, 0.717) is 41.9 Å². The first-order chi connectivity index (χ1) is 8.65. The molecule has 1 atom stereocenters. The zero-order chi connectivity index (χ0) is 12.7. The Morgan fingerprint density at radius 2 is 2.44 bits per heavy atom. The molecule has 1 aliphatic rings. The number of halogens is 1. The SMILES string of the molecule is NC(=O)c1cnc2[nH]nc(N3CCC(F)C3)c2c1. The van der Waals surface area contributed by atoms with E-state index in [-0.39, 0.29) is 0 Å². The maximum absolute atomic E-state index is 13.2. The third kappa shape index (κ3) is 1.68. The number of H-pyrrole nitrogens is 1. The number of hydrogen-bond acceptors (Lipinski definition) is 4. The van der Waals surface area contributed by atoms with Gasteiger partial charge in [0.25, 0.3) is 0 Å². The molecule has 3 N–H and O–H groups in total. The molecule has 6 nitrogen and oxygen atoms in total. The van der Waals surface area contributed by atoms with Crippen molar-refractivity contribution in [1.29, 1.82) is 0 Å². The molecule has 1 saturated heterocycles. The van der Waals surface area contributed by atoms with E-state index in [2.05, 4.69) is 15.2 Å². The highest BCUT2D eigenvalue weighted by Crippen LogP contribution is 2.27. The molecular formula is C11H12FN5O. The fourth-order valence-corrected chi connectivity index (χ4v) is 2.18. The number of amides is 1. The minimum Gasteiger partial charge on any atom is -0.366 e. The van der Waals surface area contributed by atoms with Crippen LogP contribution in [0.1, 0.15) is 16.8 Å². The highest BCUT2D eigenvalue weighted by molar-refractivity contribution is 5.98. The first-order valence-electron chi connectivity index (χ1n) is 5.68. The van der Waals surface area contributed by atoms with Crippen molar-refractivity contribution in [2.24, 2.45) is 5.73 Å². The largest absolute Gasteiger partial charge is 0.366 e. The molecule has 7 heteroatoms. The number of primary amides is 1. The average molecular weight is 249 g/mol. The second kappa shape index (κ2) is 3.94. The van der Waals surface area contributed by atoms with Crippen LogP contribution in [-0.2, 0) is 0 Å². The van der Waals surface area contributed by atoms with Crippen LogP contribution < -0.4 is 10.6 Å². The minimum atomic E-state index is -0.830. The molecule has 0 spiro atoms. The van der Waals surface area contributed by atoms with Gasteiger partial charge in [-0.2, -0.15) is 5.10 Å². The van der Waals surface area contributed by atoms with Crippen LogP contribution in [0.25, 0.3) is 11.0 Å². The van der Waals surface area contributed by atoms with Crippen molar-refractivity contribution in [1.82, 2.24) is 15.2 Å². The van der Waals surface area contributed by atoms with Crippen LogP contribution in [0.2, 0.25) is 0 Å². The summed E-state index contributed by atoms with van der Waals surface area (Å²) in [5.41, 5.74) is 6.10.